The Morgan fingerprint density at radius 1 is 0.969 bits per heavy atom. The number of allylic oxidation sites excluding steroid dienone is 2. The van der Waals surface area contributed by atoms with Gasteiger partial charge in [0.05, 0.1) is 10.9 Å². The molecule has 2 aliphatic rings. The predicted molar refractivity (Wildman–Crippen MR) is 129 cm³/mol. The first kappa shape index (κ1) is 21.0. The molecule has 3 atom stereocenters. The van der Waals surface area contributed by atoms with Crippen LogP contribution in [-0.2, 0) is 16.6 Å². The summed E-state index contributed by atoms with van der Waals surface area (Å²) in [5, 5.41) is 3.72. The van der Waals surface area contributed by atoms with Crippen LogP contribution in [-0.4, -0.2) is 19.8 Å². The molecule has 3 unspecified atom stereocenters. The number of anilines is 1. The summed E-state index contributed by atoms with van der Waals surface area (Å²) in [5.74, 6) is 0.592. The molecule has 1 aliphatic heterocycles. The van der Waals surface area contributed by atoms with Crippen molar-refractivity contribution in [2.75, 3.05) is 12.4 Å². The predicted octanol–water partition coefficient (Wildman–Crippen LogP) is 5.64. The molecule has 1 aliphatic carbocycles. The third-order valence-corrected chi connectivity index (χ3v) is 8.61. The molecule has 0 aromatic heterocycles. The van der Waals surface area contributed by atoms with Crippen LogP contribution in [0.2, 0.25) is 0 Å². The molecule has 3 aromatic carbocycles. The van der Waals surface area contributed by atoms with Gasteiger partial charge in [0, 0.05) is 25.2 Å². The van der Waals surface area contributed by atoms with Crippen LogP contribution in [0.3, 0.4) is 0 Å². The van der Waals surface area contributed by atoms with Crippen molar-refractivity contribution in [3.63, 3.8) is 0 Å². The van der Waals surface area contributed by atoms with Crippen molar-refractivity contribution in [2.45, 2.75) is 36.7 Å². The van der Waals surface area contributed by atoms with Crippen LogP contribution in [0.25, 0.3) is 0 Å². The van der Waals surface area contributed by atoms with Crippen LogP contribution in [0.5, 0.6) is 0 Å². The molecule has 0 saturated heterocycles. The van der Waals surface area contributed by atoms with Crippen molar-refractivity contribution < 1.29 is 8.42 Å². The molecule has 0 fully saturated rings. The molecule has 5 heteroatoms. The Bertz CT molecular complexity index is 1270. The van der Waals surface area contributed by atoms with Gasteiger partial charge in [-0.3, -0.25) is 0 Å². The van der Waals surface area contributed by atoms with Gasteiger partial charge in [-0.15, -0.1) is 0 Å². The number of aryl methyl sites for hydroxylation is 1. The summed E-state index contributed by atoms with van der Waals surface area (Å²) in [5.41, 5.74) is 5.66. The highest BCUT2D eigenvalue weighted by Gasteiger charge is 2.39. The van der Waals surface area contributed by atoms with E-state index in [1.165, 1.54) is 15.4 Å². The molecule has 32 heavy (non-hydrogen) atoms. The normalized spacial score (nSPS) is 21.8. The Morgan fingerprint density at radius 2 is 1.72 bits per heavy atom. The molecule has 0 saturated carbocycles. The SMILES string of the molecule is Cc1ccccc1C1Nc2ccc(S(=O)(=O)N(C)Cc3ccccc3)cc2C2C=CCC21. The Labute approximate surface area is 190 Å². The van der Waals surface area contributed by atoms with Gasteiger partial charge in [-0.1, -0.05) is 66.7 Å². The molecule has 3 aromatic rings. The summed E-state index contributed by atoms with van der Waals surface area (Å²) in [4.78, 5) is 0.352. The molecular weight excluding hydrogens is 416 g/mol. The summed E-state index contributed by atoms with van der Waals surface area (Å²) in [7, 11) is -1.94. The molecule has 164 valence electrons. The lowest BCUT2D eigenvalue weighted by molar-refractivity contribution is 0.423. The first-order valence-corrected chi connectivity index (χ1v) is 12.5. The van der Waals surface area contributed by atoms with E-state index >= 15 is 0 Å². The maximum atomic E-state index is 13.3. The summed E-state index contributed by atoms with van der Waals surface area (Å²) in [6, 6.07) is 24.0. The Morgan fingerprint density at radius 3 is 2.50 bits per heavy atom. The van der Waals surface area contributed by atoms with E-state index in [9.17, 15) is 8.42 Å². The van der Waals surface area contributed by atoms with Gasteiger partial charge in [-0.05, 0) is 59.7 Å². The summed E-state index contributed by atoms with van der Waals surface area (Å²) >= 11 is 0. The lowest BCUT2D eigenvalue weighted by Crippen LogP contribution is -2.30. The number of nitrogens with one attached hydrogen (secondary N) is 1. The molecule has 5 rings (SSSR count). The first-order chi connectivity index (χ1) is 15.4. The zero-order valence-electron chi connectivity index (χ0n) is 18.4. The van der Waals surface area contributed by atoms with Crippen molar-refractivity contribution in [3.8, 4) is 0 Å². The van der Waals surface area contributed by atoms with Crippen molar-refractivity contribution >= 4 is 15.7 Å². The number of nitrogens with zero attached hydrogens (tertiary/aromatic N) is 1. The highest BCUT2D eigenvalue weighted by Crippen LogP contribution is 2.50. The maximum Gasteiger partial charge on any atom is 0.243 e. The standard InChI is InChI=1S/C27H28N2O2S/c1-19-9-6-7-12-22(19)27-24-14-8-13-23(24)25-17-21(15-16-26(25)28-27)32(30,31)29(2)18-20-10-4-3-5-11-20/h3-13,15-17,23-24,27-28H,14,18H2,1-2H3. The number of rotatable bonds is 5. The van der Waals surface area contributed by atoms with E-state index in [2.05, 4.69) is 48.7 Å². The number of hydrogen-bond acceptors (Lipinski definition) is 3. The highest BCUT2D eigenvalue weighted by molar-refractivity contribution is 7.89. The van der Waals surface area contributed by atoms with Crippen LogP contribution in [0.4, 0.5) is 5.69 Å². The molecule has 0 radical (unpaired) electrons. The van der Waals surface area contributed by atoms with Crippen LogP contribution in [0.1, 0.15) is 40.6 Å². The van der Waals surface area contributed by atoms with Crippen molar-refractivity contribution in [1.82, 2.24) is 4.31 Å². The van der Waals surface area contributed by atoms with E-state index < -0.39 is 10.0 Å². The Hall–Kier alpha value is -2.89. The van der Waals surface area contributed by atoms with Gasteiger partial charge >= 0.3 is 0 Å². The first-order valence-electron chi connectivity index (χ1n) is 11.1. The van der Waals surface area contributed by atoms with E-state index in [1.807, 2.05) is 42.5 Å². The van der Waals surface area contributed by atoms with Gasteiger partial charge in [0.1, 0.15) is 0 Å². The average molecular weight is 445 g/mol. The fourth-order valence-corrected chi connectivity index (χ4v) is 6.28. The number of hydrogen-bond donors (Lipinski definition) is 1. The zero-order valence-corrected chi connectivity index (χ0v) is 19.2. The Kier molecular flexibility index (Phi) is 5.39. The third-order valence-electron chi connectivity index (χ3n) is 6.81. The van der Waals surface area contributed by atoms with E-state index in [4.69, 9.17) is 0 Å². The summed E-state index contributed by atoms with van der Waals surface area (Å²) in [6.07, 6.45) is 5.47. The van der Waals surface area contributed by atoms with Gasteiger partial charge in [0.25, 0.3) is 0 Å². The van der Waals surface area contributed by atoms with Gasteiger partial charge < -0.3 is 5.32 Å². The third kappa shape index (κ3) is 3.65. The molecule has 1 N–H and O–H groups in total. The second-order valence-electron chi connectivity index (χ2n) is 8.83. The minimum absolute atomic E-state index is 0.213. The van der Waals surface area contributed by atoms with Crippen LogP contribution >= 0.6 is 0 Å². The van der Waals surface area contributed by atoms with Crippen molar-refractivity contribution in [3.05, 3.63) is 107 Å². The van der Waals surface area contributed by atoms with E-state index in [1.54, 1.807) is 13.1 Å². The maximum absolute atomic E-state index is 13.3. The van der Waals surface area contributed by atoms with Gasteiger partial charge in [-0.25, -0.2) is 8.42 Å². The fourth-order valence-electron chi connectivity index (χ4n) is 5.08. The number of benzene rings is 3. The van der Waals surface area contributed by atoms with Crippen LogP contribution in [0, 0.1) is 12.8 Å². The highest BCUT2D eigenvalue weighted by atomic mass is 32.2. The molecule has 4 nitrogen and oxygen atoms in total. The van der Waals surface area contributed by atoms with Gasteiger partial charge in [0.2, 0.25) is 10.0 Å². The van der Waals surface area contributed by atoms with E-state index in [0.29, 0.717) is 17.4 Å². The summed E-state index contributed by atoms with van der Waals surface area (Å²) < 4.78 is 28.1. The lowest BCUT2D eigenvalue weighted by atomic mass is 9.76. The molecule has 1 heterocycles. The number of fused-ring (bicyclic) bond motifs is 3. The largest absolute Gasteiger partial charge is 0.378 e. The van der Waals surface area contributed by atoms with E-state index in [-0.39, 0.29) is 12.0 Å². The smallest absolute Gasteiger partial charge is 0.243 e. The average Bonchev–Trinajstić information content (AvgIpc) is 3.30. The second kappa shape index (κ2) is 8.23. The molecule has 0 spiro atoms. The summed E-state index contributed by atoms with van der Waals surface area (Å²) in [6.45, 7) is 2.50. The quantitative estimate of drug-likeness (QED) is 0.518. The number of sulfonamides is 1. The minimum atomic E-state index is -3.59. The van der Waals surface area contributed by atoms with Crippen molar-refractivity contribution in [1.29, 1.82) is 0 Å². The van der Waals surface area contributed by atoms with E-state index in [0.717, 1.165) is 23.2 Å². The second-order valence-corrected chi connectivity index (χ2v) is 10.9. The molecule has 0 bridgehead atoms. The van der Waals surface area contributed by atoms with Gasteiger partial charge in [0.15, 0.2) is 0 Å². The fraction of sp³-hybridized carbons (Fsp3) is 0.259. The lowest BCUT2D eigenvalue weighted by Gasteiger charge is -2.38. The topological polar surface area (TPSA) is 49.4 Å². The monoisotopic (exact) mass is 444 g/mol. The minimum Gasteiger partial charge on any atom is -0.378 e. The van der Waals surface area contributed by atoms with Gasteiger partial charge in [-0.2, -0.15) is 4.31 Å². The molecule has 0 amide bonds. The molecular formula is C27H28N2O2S. The zero-order chi connectivity index (χ0) is 22.3. The van der Waals surface area contributed by atoms with Crippen LogP contribution < -0.4 is 5.32 Å². The Balaban J connectivity index is 1.48. The van der Waals surface area contributed by atoms with Crippen LogP contribution in [0.15, 0.2) is 89.8 Å². The van der Waals surface area contributed by atoms with Crippen molar-refractivity contribution in [2.24, 2.45) is 5.92 Å².